The summed E-state index contributed by atoms with van der Waals surface area (Å²) in [4.78, 5) is 2.16. The maximum Gasteiger partial charge on any atom is 0.154 e. The molecule has 0 spiro atoms. The summed E-state index contributed by atoms with van der Waals surface area (Å²) in [6, 6.07) is 6.18. The minimum Gasteiger partial charge on any atom is -0.367 e. The van der Waals surface area contributed by atoms with E-state index in [1.165, 1.54) is 5.56 Å². The molecule has 1 aromatic rings. The molecule has 0 radical (unpaired) electrons. The van der Waals surface area contributed by atoms with E-state index in [1.54, 1.807) is 0 Å². The van der Waals surface area contributed by atoms with Gasteiger partial charge in [0.1, 0.15) is 0 Å². The van der Waals surface area contributed by atoms with Crippen molar-refractivity contribution in [1.82, 2.24) is 0 Å². The van der Waals surface area contributed by atoms with Crippen molar-refractivity contribution in [3.05, 3.63) is 29.3 Å². The summed E-state index contributed by atoms with van der Waals surface area (Å²) in [5.74, 6) is 0.458. The number of nitrogens with zero attached hydrogens (tertiary/aromatic N) is 1. The van der Waals surface area contributed by atoms with E-state index in [0.717, 1.165) is 11.3 Å². The van der Waals surface area contributed by atoms with Crippen LogP contribution in [0.5, 0.6) is 0 Å². The van der Waals surface area contributed by atoms with Crippen LogP contribution in [-0.2, 0) is 16.4 Å². The van der Waals surface area contributed by atoms with Gasteiger partial charge in [-0.3, -0.25) is 0 Å². The molecule has 1 saturated heterocycles. The van der Waals surface area contributed by atoms with Crippen molar-refractivity contribution in [2.45, 2.75) is 26.4 Å². The Morgan fingerprint density at radius 2 is 2.17 bits per heavy atom. The second-order valence-corrected chi connectivity index (χ2v) is 7.22. The van der Waals surface area contributed by atoms with E-state index in [4.69, 9.17) is 5.73 Å². The SMILES string of the molecule is Cc1ccc(N2CCS(=O)(=O)CC2C)c(CN)c1. The van der Waals surface area contributed by atoms with Gasteiger partial charge >= 0.3 is 0 Å². The molecule has 0 saturated carbocycles. The van der Waals surface area contributed by atoms with Crippen LogP contribution in [0, 0.1) is 6.92 Å². The fourth-order valence-electron chi connectivity index (χ4n) is 2.51. The largest absolute Gasteiger partial charge is 0.367 e. The minimum absolute atomic E-state index is 0.0109. The third kappa shape index (κ3) is 2.67. The van der Waals surface area contributed by atoms with Gasteiger partial charge in [0.25, 0.3) is 0 Å². The molecule has 1 aromatic carbocycles. The monoisotopic (exact) mass is 268 g/mol. The molecule has 1 aliphatic rings. The van der Waals surface area contributed by atoms with Crippen LogP contribution in [0.15, 0.2) is 18.2 Å². The summed E-state index contributed by atoms with van der Waals surface area (Å²) in [5.41, 5.74) is 9.12. The molecule has 1 aliphatic heterocycles. The molecule has 1 fully saturated rings. The molecule has 5 heteroatoms. The van der Waals surface area contributed by atoms with Gasteiger partial charge in [0, 0.05) is 24.8 Å². The Morgan fingerprint density at radius 3 is 2.78 bits per heavy atom. The van der Waals surface area contributed by atoms with Crippen LogP contribution in [0.3, 0.4) is 0 Å². The quantitative estimate of drug-likeness (QED) is 0.871. The third-order valence-electron chi connectivity index (χ3n) is 3.43. The third-order valence-corrected chi connectivity index (χ3v) is 5.23. The molecule has 4 nitrogen and oxygen atoms in total. The number of nitrogens with two attached hydrogens (primary N) is 1. The van der Waals surface area contributed by atoms with E-state index in [1.807, 2.05) is 26.0 Å². The van der Waals surface area contributed by atoms with Gasteiger partial charge in [0.05, 0.1) is 11.5 Å². The molecular formula is C13H20N2O2S. The Bertz CT molecular complexity index is 540. The molecule has 0 aliphatic carbocycles. The Balaban J connectivity index is 2.32. The number of hydrogen-bond donors (Lipinski definition) is 1. The smallest absolute Gasteiger partial charge is 0.154 e. The highest BCUT2D eigenvalue weighted by Gasteiger charge is 2.29. The highest BCUT2D eigenvalue weighted by molar-refractivity contribution is 7.91. The number of sulfone groups is 1. The zero-order valence-electron chi connectivity index (χ0n) is 10.9. The summed E-state index contributed by atoms with van der Waals surface area (Å²) >= 11 is 0. The number of rotatable bonds is 2. The average molecular weight is 268 g/mol. The van der Waals surface area contributed by atoms with Crippen LogP contribution < -0.4 is 10.6 Å². The maximum atomic E-state index is 11.6. The van der Waals surface area contributed by atoms with E-state index in [2.05, 4.69) is 11.0 Å². The van der Waals surface area contributed by atoms with Crippen LogP contribution >= 0.6 is 0 Å². The zero-order valence-corrected chi connectivity index (χ0v) is 11.7. The molecule has 0 amide bonds. The lowest BCUT2D eigenvalue weighted by Crippen LogP contribution is -2.47. The first-order valence-corrected chi connectivity index (χ1v) is 8.02. The molecule has 1 unspecified atom stereocenters. The van der Waals surface area contributed by atoms with Gasteiger partial charge in [0.2, 0.25) is 0 Å². The van der Waals surface area contributed by atoms with Crippen LogP contribution in [0.4, 0.5) is 5.69 Å². The highest BCUT2D eigenvalue weighted by atomic mass is 32.2. The van der Waals surface area contributed by atoms with E-state index >= 15 is 0 Å². The zero-order chi connectivity index (χ0) is 13.3. The van der Waals surface area contributed by atoms with E-state index in [0.29, 0.717) is 13.1 Å². The number of benzene rings is 1. The fourth-order valence-corrected chi connectivity index (χ4v) is 4.07. The van der Waals surface area contributed by atoms with Crippen molar-refractivity contribution in [2.75, 3.05) is 23.0 Å². The highest BCUT2D eigenvalue weighted by Crippen LogP contribution is 2.26. The molecule has 0 bridgehead atoms. The number of aryl methyl sites for hydroxylation is 1. The van der Waals surface area contributed by atoms with Gasteiger partial charge in [-0.25, -0.2) is 8.42 Å². The molecule has 1 atom stereocenters. The molecule has 0 aromatic heterocycles. The molecule has 18 heavy (non-hydrogen) atoms. The Labute approximate surface area is 109 Å². The van der Waals surface area contributed by atoms with Gasteiger partial charge in [-0.15, -0.1) is 0 Å². The lowest BCUT2D eigenvalue weighted by molar-refractivity contribution is 0.568. The van der Waals surface area contributed by atoms with Crippen molar-refractivity contribution in [2.24, 2.45) is 5.73 Å². The summed E-state index contributed by atoms with van der Waals surface area (Å²) in [7, 11) is -2.87. The van der Waals surface area contributed by atoms with Crippen molar-refractivity contribution in [3.63, 3.8) is 0 Å². The summed E-state index contributed by atoms with van der Waals surface area (Å²) in [6.45, 7) is 5.02. The Morgan fingerprint density at radius 1 is 1.44 bits per heavy atom. The second kappa shape index (κ2) is 4.90. The number of anilines is 1. The lowest BCUT2D eigenvalue weighted by atomic mass is 10.1. The van der Waals surface area contributed by atoms with Crippen LogP contribution in [0.2, 0.25) is 0 Å². The Kier molecular flexibility index (Phi) is 3.64. The van der Waals surface area contributed by atoms with Crippen LogP contribution in [0.25, 0.3) is 0 Å². The van der Waals surface area contributed by atoms with Crippen LogP contribution in [-0.4, -0.2) is 32.5 Å². The van der Waals surface area contributed by atoms with Gasteiger partial charge in [-0.05, 0) is 25.5 Å². The molecule has 2 rings (SSSR count). The minimum atomic E-state index is -2.87. The van der Waals surface area contributed by atoms with Crippen LogP contribution in [0.1, 0.15) is 18.1 Å². The summed E-state index contributed by atoms with van der Waals surface area (Å²) < 4.78 is 23.2. The molecular weight excluding hydrogens is 248 g/mol. The average Bonchev–Trinajstić information content (AvgIpc) is 2.29. The summed E-state index contributed by atoms with van der Waals surface area (Å²) in [6.07, 6.45) is 0. The first-order valence-electron chi connectivity index (χ1n) is 6.19. The summed E-state index contributed by atoms with van der Waals surface area (Å²) in [5, 5.41) is 0. The molecule has 100 valence electrons. The van der Waals surface area contributed by atoms with Crippen molar-refractivity contribution in [1.29, 1.82) is 0 Å². The molecule has 1 heterocycles. The predicted molar refractivity (Wildman–Crippen MR) is 74.5 cm³/mol. The Hall–Kier alpha value is -1.07. The fraction of sp³-hybridized carbons (Fsp3) is 0.538. The first-order chi connectivity index (χ1) is 8.43. The van der Waals surface area contributed by atoms with Crippen molar-refractivity contribution < 1.29 is 8.42 Å². The topological polar surface area (TPSA) is 63.4 Å². The standard InChI is InChI=1S/C13H20N2O2S/c1-10-3-4-13(12(7-10)8-14)15-5-6-18(16,17)9-11(15)2/h3-4,7,11H,5-6,8-9,14H2,1-2H3. The normalized spacial score (nSPS) is 23.1. The van der Waals surface area contributed by atoms with Gasteiger partial charge < -0.3 is 10.6 Å². The van der Waals surface area contributed by atoms with E-state index < -0.39 is 9.84 Å². The number of hydrogen-bond acceptors (Lipinski definition) is 4. The van der Waals surface area contributed by atoms with Crippen molar-refractivity contribution in [3.8, 4) is 0 Å². The second-order valence-electron chi connectivity index (χ2n) is 4.99. The van der Waals surface area contributed by atoms with E-state index in [9.17, 15) is 8.42 Å². The van der Waals surface area contributed by atoms with Gasteiger partial charge in [-0.2, -0.15) is 0 Å². The lowest BCUT2D eigenvalue weighted by Gasteiger charge is -2.36. The maximum absolute atomic E-state index is 11.6. The predicted octanol–water partition coefficient (Wildman–Crippen LogP) is 1.08. The van der Waals surface area contributed by atoms with Crippen molar-refractivity contribution >= 4 is 15.5 Å². The van der Waals surface area contributed by atoms with Gasteiger partial charge in [0.15, 0.2) is 9.84 Å². The van der Waals surface area contributed by atoms with Gasteiger partial charge in [-0.1, -0.05) is 17.7 Å². The van der Waals surface area contributed by atoms with E-state index in [-0.39, 0.29) is 17.5 Å². The first kappa shape index (κ1) is 13.4. The molecule has 2 N–H and O–H groups in total.